The predicted octanol–water partition coefficient (Wildman–Crippen LogP) is 1.21. The Morgan fingerprint density at radius 2 is 2.50 bits per heavy atom. The molecule has 0 saturated heterocycles. The van der Waals surface area contributed by atoms with E-state index >= 15 is 0 Å². The minimum atomic E-state index is 0.118. The molecular formula is C8H7N3S. The molecule has 0 spiro atoms. The number of thiocarbonyl (C=S) groups is 1. The van der Waals surface area contributed by atoms with Crippen molar-refractivity contribution in [1.29, 1.82) is 5.26 Å². The summed E-state index contributed by atoms with van der Waals surface area (Å²) in [6.07, 6.45) is 3.38. The van der Waals surface area contributed by atoms with E-state index in [1.165, 1.54) is 0 Å². The van der Waals surface area contributed by atoms with Crippen LogP contribution in [0.4, 0.5) is 0 Å². The standard InChI is InChI=1S/C8H7N3S/c9-5-6(8(10)12)4-7-2-1-3-11-7/h1-4,11H,(H2,10,12)/b6-4+. The summed E-state index contributed by atoms with van der Waals surface area (Å²) in [6.45, 7) is 0. The van der Waals surface area contributed by atoms with Crippen molar-refractivity contribution >= 4 is 23.3 Å². The monoisotopic (exact) mass is 177 g/mol. The van der Waals surface area contributed by atoms with Gasteiger partial charge in [-0.2, -0.15) is 5.26 Å². The van der Waals surface area contributed by atoms with Gasteiger partial charge in [0.25, 0.3) is 0 Å². The van der Waals surface area contributed by atoms with Gasteiger partial charge in [0.15, 0.2) is 0 Å². The molecule has 60 valence electrons. The van der Waals surface area contributed by atoms with Crippen LogP contribution in [0, 0.1) is 11.3 Å². The molecule has 0 aliphatic carbocycles. The van der Waals surface area contributed by atoms with Gasteiger partial charge in [-0.15, -0.1) is 0 Å². The molecule has 4 heteroatoms. The maximum atomic E-state index is 8.60. The van der Waals surface area contributed by atoms with Crippen LogP contribution in [0.1, 0.15) is 5.69 Å². The SMILES string of the molecule is N#C/C(=C\c1ccc[nH]1)C(N)=S. The van der Waals surface area contributed by atoms with E-state index in [9.17, 15) is 0 Å². The fraction of sp³-hybridized carbons (Fsp3) is 0. The molecule has 0 saturated carbocycles. The number of nitrogens with one attached hydrogen (secondary N) is 1. The zero-order chi connectivity index (χ0) is 8.97. The number of H-pyrrole nitrogens is 1. The van der Waals surface area contributed by atoms with Gasteiger partial charge in [-0.3, -0.25) is 0 Å². The summed E-state index contributed by atoms with van der Waals surface area (Å²) in [5.74, 6) is 0. The van der Waals surface area contributed by atoms with Crippen LogP contribution in [0.5, 0.6) is 0 Å². The summed E-state index contributed by atoms with van der Waals surface area (Å²) < 4.78 is 0. The van der Waals surface area contributed by atoms with Crippen molar-refractivity contribution in [2.45, 2.75) is 0 Å². The lowest BCUT2D eigenvalue weighted by atomic mass is 10.2. The third-order valence-corrected chi connectivity index (χ3v) is 1.53. The van der Waals surface area contributed by atoms with Gasteiger partial charge >= 0.3 is 0 Å². The van der Waals surface area contributed by atoms with Crippen LogP contribution >= 0.6 is 12.2 Å². The maximum Gasteiger partial charge on any atom is 0.114 e. The van der Waals surface area contributed by atoms with Crippen LogP contribution in [-0.2, 0) is 0 Å². The molecule has 0 unspecified atom stereocenters. The van der Waals surface area contributed by atoms with Crippen LogP contribution < -0.4 is 5.73 Å². The molecule has 1 aromatic heterocycles. The normalized spacial score (nSPS) is 10.8. The van der Waals surface area contributed by atoms with Gasteiger partial charge in [-0.05, 0) is 18.2 Å². The number of hydrogen-bond donors (Lipinski definition) is 2. The zero-order valence-corrected chi connectivity index (χ0v) is 7.06. The van der Waals surface area contributed by atoms with Gasteiger partial charge in [0, 0.05) is 11.9 Å². The van der Waals surface area contributed by atoms with E-state index in [4.69, 9.17) is 11.0 Å². The molecule has 12 heavy (non-hydrogen) atoms. The first-order valence-electron chi connectivity index (χ1n) is 3.29. The van der Waals surface area contributed by atoms with Gasteiger partial charge in [0.1, 0.15) is 11.1 Å². The molecule has 0 aliphatic rings. The van der Waals surface area contributed by atoms with Gasteiger partial charge in [-0.1, -0.05) is 12.2 Å². The molecule has 3 N–H and O–H groups in total. The number of nitrogens with zero attached hydrogens (tertiary/aromatic N) is 1. The summed E-state index contributed by atoms with van der Waals surface area (Å²) in [5, 5.41) is 8.60. The first-order valence-corrected chi connectivity index (χ1v) is 3.70. The molecule has 0 atom stereocenters. The van der Waals surface area contributed by atoms with Gasteiger partial charge in [-0.25, -0.2) is 0 Å². The van der Waals surface area contributed by atoms with Crippen molar-refractivity contribution < 1.29 is 0 Å². The van der Waals surface area contributed by atoms with E-state index in [0.717, 1.165) is 5.69 Å². The number of nitriles is 1. The molecule has 0 aromatic carbocycles. The predicted molar refractivity (Wildman–Crippen MR) is 51.2 cm³/mol. The number of nitrogens with two attached hydrogens (primary N) is 1. The molecule has 1 rings (SSSR count). The third-order valence-electron chi connectivity index (χ3n) is 1.31. The Morgan fingerprint density at radius 3 is 2.92 bits per heavy atom. The van der Waals surface area contributed by atoms with Crippen LogP contribution in [0.2, 0.25) is 0 Å². The first kappa shape index (κ1) is 8.50. The molecule has 0 radical (unpaired) electrons. The Kier molecular flexibility index (Phi) is 2.62. The highest BCUT2D eigenvalue weighted by Gasteiger charge is 1.98. The second kappa shape index (κ2) is 3.69. The highest BCUT2D eigenvalue weighted by molar-refractivity contribution is 7.80. The van der Waals surface area contributed by atoms with E-state index in [1.54, 1.807) is 12.3 Å². The Bertz CT molecular complexity index is 343. The van der Waals surface area contributed by atoms with E-state index in [2.05, 4.69) is 17.2 Å². The second-order valence-corrected chi connectivity index (χ2v) is 2.60. The number of hydrogen-bond acceptors (Lipinski definition) is 2. The summed E-state index contributed by atoms with van der Waals surface area (Å²) in [6, 6.07) is 5.58. The number of rotatable bonds is 2. The van der Waals surface area contributed by atoms with Crippen LogP contribution in [0.3, 0.4) is 0 Å². The Balaban J connectivity index is 2.95. The van der Waals surface area contributed by atoms with Gasteiger partial charge in [0.05, 0.1) is 5.57 Å². The van der Waals surface area contributed by atoms with Crippen molar-refractivity contribution in [3.05, 3.63) is 29.6 Å². The molecule has 1 heterocycles. The third kappa shape index (κ3) is 1.94. The largest absolute Gasteiger partial charge is 0.389 e. The van der Waals surface area contributed by atoms with Crippen molar-refractivity contribution in [1.82, 2.24) is 4.98 Å². The minimum Gasteiger partial charge on any atom is -0.389 e. The second-order valence-electron chi connectivity index (χ2n) is 2.16. The molecule has 3 nitrogen and oxygen atoms in total. The highest BCUT2D eigenvalue weighted by Crippen LogP contribution is 2.03. The fourth-order valence-electron chi connectivity index (χ4n) is 0.748. The average molecular weight is 177 g/mol. The van der Waals surface area contributed by atoms with Crippen molar-refractivity contribution in [2.24, 2.45) is 5.73 Å². The Morgan fingerprint density at radius 1 is 1.75 bits per heavy atom. The fourth-order valence-corrected chi connectivity index (χ4v) is 0.853. The maximum absolute atomic E-state index is 8.60. The zero-order valence-electron chi connectivity index (χ0n) is 6.24. The smallest absolute Gasteiger partial charge is 0.114 e. The number of aromatic amines is 1. The van der Waals surface area contributed by atoms with E-state index < -0.39 is 0 Å². The van der Waals surface area contributed by atoms with Crippen LogP contribution in [-0.4, -0.2) is 9.97 Å². The summed E-state index contributed by atoms with van der Waals surface area (Å²) in [5.41, 5.74) is 6.42. The summed E-state index contributed by atoms with van der Waals surface area (Å²) in [7, 11) is 0. The summed E-state index contributed by atoms with van der Waals surface area (Å²) in [4.78, 5) is 3.03. The Labute approximate surface area is 75.5 Å². The molecule has 0 fully saturated rings. The van der Waals surface area contributed by atoms with E-state index in [0.29, 0.717) is 5.57 Å². The quantitative estimate of drug-likeness (QED) is 0.405. The van der Waals surface area contributed by atoms with Crippen molar-refractivity contribution in [3.8, 4) is 6.07 Å². The average Bonchev–Trinajstić information content (AvgIpc) is 2.51. The molecular weight excluding hydrogens is 170 g/mol. The van der Waals surface area contributed by atoms with E-state index in [-0.39, 0.29) is 4.99 Å². The van der Waals surface area contributed by atoms with Gasteiger partial charge in [0.2, 0.25) is 0 Å². The summed E-state index contributed by atoms with van der Waals surface area (Å²) >= 11 is 4.66. The minimum absolute atomic E-state index is 0.118. The molecule has 0 bridgehead atoms. The lowest BCUT2D eigenvalue weighted by Gasteiger charge is -1.91. The molecule has 0 aliphatic heterocycles. The van der Waals surface area contributed by atoms with E-state index in [1.807, 2.05) is 18.2 Å². The highest BCUT2D eigenvalue weighted by atomic mass is 32.1. The molecule has 1 aromatic rings. The number of aromatic nitrogens is 1. The molecule has 0 amide bonds. The van der Waals surface area contributed by atoms with Crippen LogP contribution in [0.15, 0.2) is 23.9 Å². The topological polar surface area (TPSA) is 65.6 Å². The Hall–Kier alpha value is -1.60. The van der Waals surface area contributed by atoms with Crippen molar-refractivity contribution in [2.75, 3.05) is 0 Å². The van der Waals surface area contributed by atoms with Gasteiger partial charge < -0.3 is 10.7 Å². The lowest BCUT2D eigenvalue weighted by molar-refractivity contribution is 1.37. The first-order chi connectivity index (χ1) is 5.74. The van der Waals surface area contributed by atoms with Crippen LogP contribution in [0.25, 0.3) is 6.08 Å². The van der Waals surface area contributed by atoms with Crippen molar-refractivity contribution in [3.63, 3.8) is 0 Å². The lowest BCUT2D eigenvalue weighted by Crippen LogP contribution is -2.09.